The number of carboxylic acids is 1. The summed E-state index contributed by atoms with van der Waals surface area (Å²) in [6.45, 7) is 3.10. The minimum Gasteiger partial charge on any atom is -0.480 e. The van der Waals surface area contributed by atoms with Crippen LogP contribution in [0.2, 0.25) is 0 Å². The van der Waals surface area contributed by atoms with Crippen molar-refractivity contribution in [1.82, 2.24) is 10.6 Å². The molecule has 0 bridgehead atoms. The van der Waals surface area contributed by atoms with Crippen LogP contribution in [-0.4, -0.2) is 35.6 Å². The molecule has 14 heavy (non-hydrogen) atoms. The molecule has 0 aromatic rings. The highest BCUT2D eigenvalue weighted by Gasteiger charge is 2.17. The lowest BCUT2D eigenvalue weighted by molar-refractivity contribution is -0.141. The Balaban J connectivity index is 4.05. The molecule has 0 radical (unpaired) electrons. The number of carbonyl (C=O) groups excluding carboxylic acids is 1. The second kappa shape index (κ2) is 6.00. The van der Waals surface area contributed by atoms with Gasteiger partial charge in [0.25, 0.3) is 0 Å². The van der Waals surface area contributed by atoms with Gasteiger partial charge in [-0.3, -0.25) is 4.79 Å². The zero-order valence-electron chi connectivity index (χ0n) is 8.20. The first-order chi connectivity index (χ1) is 6.47. The van der Waals surface area contributed by atoms with E-state index in [4.69, 9.17) is 11.5 Å². The number of terminal acetylenes is 1. The van der Waals surface area contributed by atoms with E-state index >= 15 is 0 Å². The topological polar surface area (TPSA) is 78.4 Å². The second-order valence-corrected chi connectivity index (χ2v) is 2.89. The molecule has 0 aliphatic heterocycles. The first kappa shape index (κ1) is 12.5. The van der Waals surface area contributed by atoms with Gasteiger partial charge in [-0.15, -0.1) is 6.42 Å². The van der Waals surface area contributed by atoms with Gasteiger partial charge in [-0.25, -0.2) is 4.79 Å². The van der Waals surface area contributed by atoms with Crippen molar-refractivity contribution in [2.24, 2.45) is 0 Å². The molecule has 0 rings (SSSR count). The number of aliphatic carboxylic acids is 1. The van der Waals surface area contributed by atoms with Gasteiger partial charge in [-0.1, -0.05) is 5.92 Å². The molecule has 0 saturated carbocycles. The Hall–Kier alpha value is -1.54. The predicted molar refractivity (Wildman–Crippen MR) is 51.5 cm³/mol. The van der Waals surface area contributed by atoms with Crippen molar-refractivity contribution in [2.45, 2.75) is 25.9 Å². The van der Waals surface area contributed by atoms with Crippen LogP contribution in [0.3, 0.4) is 0 Å². The number of hydrogen-bond acceptors (Lipinski definition) is 3. The summed E-state index contributed by atoms with van der Waals surface area (Å²) in [5.74, 6) is 0.928. The summed E-state index contributed by atoms with van der Waals surface area (Å²) < 4.78 is 0. The van der Waals surface area contributed by atoms with Crippen LogP contribution >= 0.6 is 0 Å². The van der Waals surface area contributed by atoms with Gasteiger partial charge in [-0.05, 0) is 6.92 Å². The minimum absolute atomic E-state index is 0.111. The van der Waals surface area contributed by atoms with Crippen molar-refractivity contribution in [3.05, 3.63) is 0 Å². The molecule has 0 aromatic heterocycles. The van der Waals surface area contributed by atoms with E-state index in [0.29, 0.717) is 0 Å². The van der Waals surface area contributed by atoms with Gasteiger partial charge in [-0.2, -0.15) is 0 Å². The van der Waals surface area contributed by atoms with Gasteiger partial charge in [0.05, 0.1) is 6.04 Å². The highest BCUT2D eigenvalue weighted by atomic mass is 16.4. The maximum Gasteiger partial charge on any atom is 0.327 e. The Morgan fingerprint density at radius 3 is 2.50 bits per heavy atom. The monoisotopic (exact) mass is 198 g/mol. The Bertz CT molecular complexity index is 257. The molecular weight excluding hydrogens is 184 g/mol. The van der Waals surface area contributed by atoms with Crippen LogP contribution in [0.5, 0.6) is 0 Å². The van der Waals surface area contributed by atoms with Crippen LogP contribution < -0.4 is 10.6 Å². The summed E-state index contributed by atoms with van der Waals surface area (Å²) in [6, 6.07) is -1.16. The average Bonchev–Trinajstić information content (AvgIpc) is 2.10. The van der Waals surface area contributed by atoms with E-state index in [1.54, 1.807) is 6.92 Å². The van der Waals surface area contributed by atoms with Crippen LogP contribution in [0, 0.1) is 12.3 Å². The summed E-state index contributed by atoms with van der Waals surface area (Å²) in [7, 11) is 0. The van der Waals surface area contributed by atoms with Gasteiger partial charge in [0, 0.05) is 13.5 Å². The molecule has 5 heteroatoms. The van der Waals surface area contributed by atoms with Gasteiger partial charge < -0.3 is 15.7 Å². The molecule has 0 aliphatic carbocycles. The number of carbonyl (C=O) groups is 2. The van der Waals surface area contributed by atoms with Gasteiger partial charge in [0.15, 0.2) is 0 Å². The van der Waals surface area contributed by atoms with Crippen molar-refractivity contribution in [1.29, 1.82) is 0 Å². The van der Waals surface area contributed by atoms with E-state index in [9.17, 15) is 9.59 Å². The summed E-state index contributed by atoms with van der Waals surface area (Å²) in [5, 5.41) is 13.8. The first-order valence-corrected chi connectivity index (χ1v) is 4.16. The maximum absolute atomic E-state index is 10.6. The van der Waals surface area contributed by atoms with E-state index in [1.807, 2.05) is 0 Å². The largest absolute Gasteiger partial charge is 0.480 e. The third-order valence-corrected chi connectivity index (χ3v) is 1.55. The Morgan fingerprint density at radius 1 is 1.57 bits per heavy atom. The normalized spacial score (nSPS) is 13.8. The molecule has 78 valence electrons. The smallest absolute Gasteiger partial charge is 0.327 e. The van der Waals surface area contributed by atoms with Gasteiger partial charge >= 0.3 is 5.97 Å². The van der Waals surface area contributed by atoms with Crippen LogP contribution in [0.4, 0.5) is 0 Å². The van der Waals surface area contributed by atoms with Crippen LogP contribution in [0.15, 0.2) is 0 Å². The molecule has 2 unspecified atom stereocenters. The third kappa shape index (κ3) is 5.17. The lowest BCUT2D eigenvalue weighted by Crippen LogP contribution is -2.48. The lowest BCUT2D eigenvalue weighted by atomic mass is 10.2. The van der Waals surface area contributed by atoms with Gasteiger partial charge in [0.2, 0.25) is 5.91 Å². The van der Waals surface area contributed by atoms with Gasteiger partial charge in [0.1, 0.15) is 6.04 Å². The quantitative estimate of drug-likeness (QED) is 0.505. The van der Waals surface area contributed by atoms with Crippen molar-refractivity contribution >= 4 is 11.9 Å². The number of hydrogen-bond donors (Lipinski definition) is 3. The molecule has 0 heterocycles. The number of rotatable bonds is 5. The molecule has 0 fully saturated rings. The van der Waals surface area contributed by atoms with Crippen molar-refractivity contribution in [2.75, 3.05) is 6.54 Å². The molecule has 0 spiro atoms. The summed E-state index contributed by atoms with van der Waals surface area (Å²) in [6.07, 6.45) is 5.09. The molecule has 3 N–H and O–H groups in total. The fourth-order valence-corrected chi connectivity index (χ4v) is 0.799. The molecule has 0 saturated heterocycles. The zero-order valence-corrected chi connectivity index (χ0v) is 8.20. The van der Waals surface area contributed by atoms with Crippen LogP contribution in [0.25, 0.3) is 0 Å². The molecule has 2 atom stereocenters. The first-order valence-electron chi connectivity index (χ1n) is 4.16. The van der Waals surface area contributed by atoms with Crippen molar-refractivity contribution < 1.29 is 14.7 Å². The van der Waals surface area contributed by atoms with E-state index < -0.39 is 12.0 Å². The number of amides is 1. The van der Waals surface area contributed by atoms with E-state index in [0.717, 1.165) is 0 Å². The Morgan fingerprint density at radius 2 is 2.14 bits per heavy atom. The average molecular weight is 198 g/mol. The molecule has 0 aliphatic rings. The molecule has 1 amide bonds. The zero-order chi connectivity index (χ0) is 11.1. The highest BCUT2D eigenvalue weighted by Crippen LogP contribution is 1.85. The highest BCUT2D eigenvalue weighted by molar-refractivity contribution is 5.82. The second-order valence-electron chi connectivity index (χ2n) is 2.89. The van der Waals surface area contributed by atoms with E-state index in [-0.39, 0.29) is 18.5 Å². The predicted octanol–water partition coefficient (Wildman–Crippen LogP) is -0.813. The van der Waals surface area contributed by atoms with Crippen molar-refractivity contribution in [3.63, 3.8) is 0 Å². The lowest BCUT2D eigenvalue weighted by Gasteiger charge is -2.15. The Kier molecular flexibility index (Phi) is 5.34. The number of carboxylic acid groups (broad SMARTS) is 1. The van der Waals surface area contributed by atoms with E-state index in [2.05, 4.69) is 16.6 Å². The standard InChI is InChI=1S/C9H14N2O3/c1-4-6(2)10-5-8(9(13)14)11-7(3)12/h1,6,8,10H,5H2,2-3H3,(H,11,12)(H,13,14). The summed E-state index contributed by atoms with van der Waals surface area (Å²) in [4.78, 5) is 21.3. The minimum atomic E-state index is -1.09. The van der Waals surface area contributed by atoms with Crippen LogP contribution in [0.1, 0.15) is 13.8 Å². The van der Waals surface area contributed by atoms with Crippen molar-refractivity contribution in [3.8, 4) is 12.3 Å². The molecule has 0 aromatic carbocycles. The Labute approximate surface area is 82.9 Å². The molecule has 5 nitrogen and oxygen atoms in total. The fraction of sp³-hybridized carbons (Fsp3) is 0.556. The SMILES string of the molecule is C#CC(C)NCC(NC(C)=O)C(=O)O. The number of nitrogens with one attached hydrogen (secondary N) is 2. The maximum atomic E-state index is 10.6. The van der Waals surface area contributed by atoms with Crippen LogP contribution in [-0.2, 0) is 9.59 Å². The fourth-order valence-electron chi connectivity index (χ4n) is 0.799. The third-order valence-electron chi connectivity index (χ3n) is 1.55. The summed E-state index contributed by atoms with van der Waals surface area (Å²) >= 11 is 0. The molecular formula is C9H14N2O3. The summed E-state index contributed by atoms with van der Waals surface area (Å²) in [5.41, 5.74) is 0. The van der Waals surface area contributed by atoms with E-state index in [1.165, 1.54) is 6.92 Å².